The molecule has 0 aliphatic heterocycles. The molecule has 120 valence electrons. The minimum atomic E-state index is -0.549. The molecule has 0 saturated heterocycles. The first-order valence-corrected chi connectivity index (χ1v) is 7.24. The van der Waals surface area contributed by atoms with Gasteiger partial charge in [-0.05, 0) is 38.1 Å². The highest BCUT2D eigenvalue weighted by Crippen LogP contribution is 2.21. The first-order valence-electron chi connectivity index (χ1n) is 7.24. The van der Waals surface area contributed by atoms with E-state index >= 15 is 0 Å². The Bertz CT molecular complexity index is 969. The fourth-order valence-corrected chi connectivity index (χ4v) is 2.31. The summed E-state index contributed by atoms with van der Waals surface area (Å²) in [5.74, 6) is -0.358. The summed E-state index contributed by atoms with van der Waals surface area (Å²) in [7, 11) is 0. The van der Waals surface area contributed by atoms with Crippen molar-refractivity contribution in [3.63, 3.8) is 0 Å². The van der Waals surface area contributed by atoms with Gasteiger partial charge in [0, 0.05) is 22.7 Å². The first-order chi connectivity index (χ1) is 11.4. The van der Waals surface area contributed by atoms with Gasteiger partial charge in [-0.2, -0.15) is 0 Å². The number of rotatable bonds is 3. The molecule has 1 amide bonds. The predicted molar refractivity (Wildman–Crippen MR) is 90.1 cm³/mol. The fraction of sp³-hybridized carbons (Fsp3) is 0.118. The van der Waals surface area contributed by atoms with Crippen LogP contribution in [0.1, 0.15) is 21.7 Å². The van der Waals surface area contributed by atoms with Gasteiger partial charge in [0.25, 0.3) is 11.6 Å². The van der Waals surface area contributed by atoms with Crippen LogP contribution < -0.4 is 5.32 Å². The molecule has 0 bridgehead atoms. The molecule has 0 saturated carbocycles. The van der Waals surface area contributed by atoms with Gasteiger partial charge in [-0.25, -0.2) is 0 Å². The standard InChI is InChI=1S/C17H14N4O3/c1-10-3-4-12-7-13(5-6-15(12)19-10)17(22)20-16-8-14(21(23)24)9-18-11(16)2/h3-9H,1-2H3,(H,20,22). The van der Waals surface area contributed by atoms with Crippen LogP contribution in [0.3, 0.4) is 0 Å². The fourth-order valence-electron chi connectivity index (χ4n) is 2.31. The molecule has 3 rings (SSSR count). The quantitative estimate of drug-likeness (QED) is 0.588. The lowest BCUT2D eigenvalue weighted by molar-refractivity contribution is -0.385. The number of benzene rings is 1. The summed E-state index contributed by atoms with van der Waals surface area (Å²) < 4.78 is 0. The molecule has 1 aromatic carbocycles. The number of anilines is 1. The van der Waals surface area contributed by atoms with Gasteiger partial charge >= 0.3 is 0 Å². The molecular formula is C17H14N4O3. The second kappa shape index (κ2) is 6.04. The van der Waals surface area contributed by atoms with E-state index in [0.717, 1.165) is 22.8 Å². The van der Waals surface area contributed by atoms with E-state index in [1.165, 1.54) is 6.07 Å². The van der Waals surface area contributed by atoms with Crippen LogP contribution >= 0.6 is 0 Å². The van der Waals surface area contributed by atoms with Crippen LogP contribution in [0.15, 0.2) is 42.6 Å². The molecule has 7 heteroatoms. The number of hydrogen-bond acceptors (Lipinski definition) is 5. The number of aromatic nitrogens is 2. The summed E-state index contributed by atoms with van der Waals surface area (Å²) in [6.45, 7) is 3.57. The summed E-state index contributed by atoms with van der Waals surface area (Å²) in [6, 6.07) is 10.2. The van der Waals surface area contributed by atoms with Gasteiger partial charge in [0.2, 0.25) is 0 Å². The molecule has 0 spiro atoms. The third-order valence-corrected chi connectivity index (χ3v) is 3.62. The molecule has 0 unspecified atom stereocenters. The van der Waals surface area contributed by atoms with Crippen LogP contribution in [0.5, 0.6) is 0 Å². The van der Waals surface area contributed by atoms with Gasteiger partial charge < -0.3 is 5.32 Å². The van der Waals surface area contributed by atoms with Crippen LogP contribution in [0.2, 0.25) is 0 Å². The van der Waals surface area contributed by atoms with Crippen LogP contribution in [0.25, 0.3) is 10.9 Å². The zero-order valence-corrected chi connectivity index (χ0v) is 13.1. The lowest BCUT2D eigenvalue weighted by Crippen LogP contribution is -2.13. The van der Waals surface area contributed by atoms with Gasteiger partial charge in [-0.3, -0.25) is 24.9 Å². The summed E-state index contributed by atoms with van der Waals surface area (Å²) in [6.07, 6.45) is 1.16. The van der Waals surface area contributed by atoms with E-state index in [1.807, 2.05) is 19.1 Å². The average Bonchev–Trinajstić information content (AvgIpc) is 2.56. The lowest BCUT2D eigenvalue weighted by Gasteiger charge is -2.08. The Morgan fingerprint density at radius 3 is 2.71 bits per heavy atom. The molecule has 7 nitrogen and oxygen atoms in total. The van der Waals surface area contributed by atoms with Crippen molar-refractivity contribution in [2.24, 2.45) is 0 Å². The van der Waals surface area contributed by atoms with E-state index in [-0.39, 0.29) is 11.6 Å². The maximum Gasteiger partial charge on any atom is 0.289 e. The van der Waals surface area contributed by atoms with Crippen molar-refractivity contribution in [1.29, 1.82) is 0 Å². The third-order valence-electron chi connectivity index (χ3n) is 3.62. The normalized spacial score (nSPS) is 10.6. The monoisotopic (exact) mass is 322 g/mol. The second-order valence-corrected chi connectivity index (χ2v) is 5.40. The maximum absolute atomic E-state index is 12.4. The molecule has 1 N–H and O–H groups in total. The first kappa shape index (κ1) is 15.5. The Labute approximate surface area is 137 Å². The highest BCUT2D eigenvalue weighted by Gasteiger charge is 2.13. The molecule has 24 heavy (non-hydrogen) atoms. The lowest BCUT2D eigenvalue weighted by atomic mass is 10.1. The number of nitrogens with zero attached hydrogens (tertiary/aromatic N) is 3. The molecule has 2 heterocycles. The minimum Gasteiger partial charge on any atom is -0.320 e. The van der Waals surface area contributed by atoms with E-state index < -0.39 is 4.92 Å². The van der Waals surface area contributed by atoms with Crippen molar-refractivity contribution in [3.05, 3.63) is 69.7 Å². The van der Waals surface area contributed by atoms with Gasteiger partial charge in [0.15, 0.2) is 0 Å². The van der Waals surface area contributed by atoms with Crippen molar-refractivity contribution >= 4 is 28.2 Å². The van der Waals surface area contributed by atoms with Gasteiger partial charge in [-0.15, -0.1) is 0 Å². The number of carbonyl (C=O) groups excluding carboxylic acids is 1. The highest BCUT2D eigenvalue weighted by atomic mass is 16.6. The largest absolute Gasteiger partial charge is 0.320 e. The van der Waals surface area contributed by atoms with Crippen LogP contribution in [0.4, 0.5) is 11.4 Å². The Hall–Kier alpha value is -3.35. The molecule has 0 radical (unpaired) electrons. The SMILES string of the molecule is Cc1ccc2cc(C(=O)Nc3cc([N+](=O)[O-])cnc3C)ccc2n1. The molecule has 0 aliphatic carbocycles. The Morgan fingerprint density at radius 1 is 1.17 bits per heavy atom. The number of aryl methyl sites for hydroxylation is 2. The Morgan fingerprint density at radius 2 is 1.96 bits per heavy atom. The number of nitrogens with one attached hydrogen (secondary N) is 1. The molecule has 0 aliphatic rings. The van der Waals surface area contributed by atoms with E-state index in [9.17, 15) is 14.9 Å². The number of hydrogen-bond donors (Lipinski definition) is 1. The number of pyridine rings is 2. The average molecular weight is 322 g/mol. The highest BCUT2D eigenvalue weighted by molar-refractivity contribution is 6.06. The van der Waals surface area contributed by atoms with Gasteiger partial charge in [0.05, 0.1) is 21.8 Å². The van der Waals surface area contributed by atoms with E-state index in [1.54, 1.807) is 25.1 Å². The minimum absolute atomic E-state index is 0.172. The van der Waals surface area contributed by atoms with Crippen LogP contribution in [-0.2, 0) is 0 Å². The Balaban J connectivity index is 1.91. The van der Waals surface area contributed by atoms with Crippen molar-refractivity contribution in [2.45, 2.75) is 13.8 Å². The number of amides is 1. The maximum atomic E-state index is 12.4. The number of fused-ring (bicyclic) bond motifs is 1. The van der Waals surface area contributed by atoms with Crippen LogP contribution in [-0.4, -0.2) is 20.8 Å². The summed E-state index contributed by atoms with van der Waals surface area (Å²) in [5.41, 5.74) is 2.80. The topological polar surface area (TPSA) is 98.0 Å². The smallest absolute Gasteiger partial charge is 0.289 e. The third kappa shape index (κ3) is 3.05. The summed E-state index contributed by atoms with van der Waals surface area (Å²) in [4.78, 5) is 31.0. The number of carbonyl (C=O) groups is 1. The second-order valence-electron chi connectivity index (χ2n) is 5.40. The van der Waals surface area contributed by atoms with E-state index in [2.05, 4.69) is 15.3 Å². The van der Waals surface area contributed by atoms with Crippen molar-refractivity contribution in [2.75, 3.05) is 5.32 Å². The molecule has 0 atom stereocenters. The zero-order chi connectivity index (χ0) is 17.3. The van der Waals surface area contributed by atoms with Gasteiger partial charge in [0.1, 0.15) is 6.20 Å². The Kier molecular flexibility index (Phi) is 3.91. The van der Waals surface area contributed by atoms with Crippen molar-refractivity contribution < 1.29 is 9.72 Å². The molecule has 3 aromatic rings. The molecule has 0 fully saturated rings. The molecule has 2 aromatic heterocycles. The summed E-state index contributed by atoms with van der Waals surface area (Å²) >= 11 is 0. The van der Waals surface area contributed by atoms with Crippen LogP contribution in [0, 0.1) is 24.0 Å². The molecular weight excluding hydrogens is 308 g/mol. The van der Waals surface area contributed by atoms with E-state index in [0.29, 0.717) is 16.9 Å². The summed E-state index contributed by atoms with van der Waals surface area (Å²) in [5, 5.41) is 14.4. The zero-order valence-electron chi connectivity index (χ0n) is 13.1. The van der Waals surface area contributed by atoms with E-state index in [4.69, 9.17) is 0 Å². The van der Waals surface area contributed by atoms with Crippen molar-refractivity contribution in [3.8, 4) is 0 Å². The number of nitro groups is 1. The predicted octanol–water partition coefficient (Wildman–Crippen LogP) is 3.41. The van der Waals surface area contributed by atoms with Crippen molar-refractivity contribution in [1.82, 2.24) is 9.97 Å². The van der Waals surface area contributed by atoms with Gasteiger partial charge in [-0.1, -0.05) is 6.07 Å².